The molecule has 1 fully saturated rings. The summed E-state index contributed by atoms with van der Waals surface area (Å²) in [6.07, 6.45) is 2.49. The van der Waals surface area contributed by atoms with E-state index < -0.39 is 0 Å². The summed E-state index contributed by atoms with van der Waals surface area (Å²) in [5, 5.41) is 6.62. The summed E-state index contributed by atoms with van der Waals surface area (Å²) in [5.74, 6) is 0.796. The Bertz CT molecular complexity index is 836. The Morgan fingerprint density at radius 2 is 1.60 bits per heavy atom. The number of guanidine groups is 1. The van der Waals surface area contributed by atoms with Crippen LogP contribution in [0.3, 0.4) is 0 Å². The third kappa shape index (κ3) is 6.17. The van der Waals surface area contributed by atoms with Crippen LogP contribution in [0.25, 0.3) is 0 Å². The molecule has 0 saturated carbocycles. The highest BCUT2D eigenvalue weighted by Crippen LogP contribution is 2.20. The van der Waals surface area contributed by atoms with Gasteiger partial charge < -0.3 is 10.6 Å². The fraction of sp³-hybridized carbons (Fsp3) is 0.375. The van der Waals surface area contributed by atoms with E-state index in [9.17, 15) is 9.59 Å². The number of hydrogen-bond donors (Lipinski definition) is 2. The molecule has 3 rings (SSSR count). The van der Waals surface area contributed by atoms with Crippen molar-refractivity contribution in [2.24, 2.45) is 4.99 Å². The first-order chi connectivity index (χ1) is 14.7. The number of piperidine rings is 1. The van der Waals surface area contributed by atoms with Crippen LogP contribution in [-0.4, -0.2) is 49.4 Å². The fourth-order valence-corrected chi connectivity index (χ4v) is 3.71. The van der Waals surface area contributed by atoms with Gasteiger partial charge in [0, 0.05) is 45.4 Å². The number of carbonyl (C=O) groups is 2. The number of amides is 2. The second-order valence-corrected chi connectivity index (χ2v) is 7.47. The fourth-order valence-electron chi connectivity index (χ4n) is 3.71. The topological polar surface area (TPSA) is 73.8 Å². The van der Waals surface area contributed by atoms with E-state index in [-0.39, 0.29) is 17.7 Å². The van der Waals surface area contributed by atoms with E-state index in [2.05, 4.69) is 64.2 Å². The Hall–Kier alpha value is -3.15. The number of rotatable bonds is 8. The minimum absolute atomic E-state index is 0.0806. The highest BCUT2D eigenvalue weighted by atomic mass is 16.2. The summed E-state index contributed by atoms with van der Waals surface area (Å²) < 4.78 is 0. The standard InChI is InChI=1S/C24H30N4O2/c1-25-24(26-15-16-28-22(29)13-8-14-23(28)30)27-18-21(20-11-6-3-7-12-20)17-19-9-4-2-5-10-19/h2-7,9-12,21H,8,13-18H2,1H3,(H2,25,26,27). The van der Waals surface area contributed by atoms with E-state index in [1.54, 1.807) is 7.05 Å². The van der Waals surface area contributed by atoms with Gasteiger partial charge in [-0.15, -0.1) is 0 Å². The molecule has 158 valence electrons. The number of carbonyl (C=O) groups excluding carboxylic acids is 2. The molecule has 2 aromatic carbocycles. The van der Waals surface area contributed by atoms with Crippen LogP contribution in [0.2, 0.25) is 0 Å². The molecule has 1 heterocycles. The van der Waals surface area contributed by atoms with Gasteiger partial charge in [-0.3, -0.25) is 19.5 Å². The predicted octanol–water partition coefficient (Wildman–Crippen LogP) is 2.72. The Morgan fingerprint density at radius 1 is 0.967 bits per heavy atom. The van der Waals surface area contributed by atoms with Gasteiger partial charge in [-0.2, -0.15) is 0 Å². The van der Waals surface area contributed by atoms with Crippen LogP contribution >= 0.6 is 0 Å². The zero-order chi connectivity index (χ0) is 21.2. The molecular formula is C24H30N4O2. The molecule has 1 saturated heterocycles. The lowest BCUT2D eigenvalue weighted by molar-refractivity contribution is -0.147. The lowest BCUT2D eigenvalue weighted by Gasteiger charge is -2.25. The van der Waals surface area contributed by atoms with Gasteiger partial charge in [0.25, 0.3) is 0 Å². The maximum absolute atomic E-state index is 11.9. The van der Waals surface area contributed by atoms with Crippen molar-refractivity contribution < 1.29 is 9.59 Å². The number of aliphatic imine (C=N–C) groups is 1. The van der Waals surface area contributed by atoms with E-state index in [4.69, 9.17) is 0 Å². The highest BCUT2D eigenvalue weighted by Gasteiger charge is 2.25. The Kier molecular flexibility index (Phi) is 8.01. The van der Waals surface area contributed by atoms with Crippen LogP contribution in [0.15, 0.2) is 65.7 Å². The number of benzene rings is 2. The molecule has 6 nitrogen and oxygen atoms in total. The van der Waals surface area contributed by atoms with E-state index in [1.807, 2.05) is 12.1 Å². The van der Waals surface area contributed by atoms with Crippen LogP contribution in [-0.2, 0) is 16.0 Å². The highest BCUT2D eigenvalue weighted by molar-refractivity contribution is 5.97. The normalized spacial score (nSPS) is 15.8. The summed E-state index contributed by atoms with van der Waals surface area (Å²) in [6.45, 7) is 1.57. The first kappa shape index (κ1) is 21.6. The largest absolute Gasteiger partial charge is 0.356 e. The lowest BCUT2D eigenvalue weighted by atomic mass is 9.92. The van der Waals surface area contributed by atoms with Gasteiger partial charge >= 0.3 is 0 Å². The van der Waals surface area contributed by atoms with Crippen molar-refractivity contribution in [2.75, 3.05) is 26.7 Å². The number of nitrogens with zero attached hydrogens (tertiary/aromatic N) is 2. The number of nitrogens with one attached hydrogen (secondary N) is 2. The molecule has 0 aliphatic carbocycles. The number of likely N-dealkylation sites (tertiary alicyclic amines) is 1. The van der Waals surface area contributed by atoms with Crippen LogP contribution < -0.4 is 10.6 Å². The first-order valence-electron chi connectivity index (χ1n) is 10.5. The molecule has 1 aliphatic rings. The molecule has 1 atom stereocenters. The zero-order valence-corrected chi connectivity index (χ0v) is 17.5. The van der Waals surface area contributed by atoms with Crippen molar-refractivity contribution in [1.82, 2.24) is 15.5 Å². The van der Waals surface area contributed by atoms with Crippen LogP contribution in [0.5, 0.6) is 0 Å². The summed E-state index contributed by atoms with van der Waals surface area (Å²) in [7, 11) is 1.72. The average Bonchev–Trinajstić information content (AvgIpc) is 2.78. The third-order valence-electron chi connectivity index (χ3n) is 5.35. The Morgan fingerprint density at radius 3 is 2.23 bits per heavy atom. The van der Waals surface area contributed by atoms with Crippen molar-refractivity contribution in [2.45, 2.75) is 31.6 Å². The molecule has 2 amide bonds. The first-order valence-corrected chi connectivity index (χ1v) is 10.5. The molecule has 1 unspecified atom stereocenters. The van der Waals surface area contributed by atoms with Gasteiger partial charge in [-0.25, -0.2) is 0 Å². The van der Waals surface area contributed by atoms with Gasteiger partial charge in [0.1, 0.15) is 0 Å². The minimum Gasteiger partial charge on any atom is -0.356 e. The van der Waals surface area contributed by atoms with Crippen molar-refractivity contribution in [3.8, 4) is 0 Å². The second-order valence-electron chi connectivity index (χ2n) is 7.47. The van der Waals surface area contributed by atoms with E-state index in [1.165, 1.54) is 16.0 Å². The quantitative estimate of drug-likeness (QED) is 0.402. The molecule has 2 N–H and O–H groups in total. The number of imide groups is 1. The molecule has 6 heteroatoms. The maximum atomic E-state index is 11.9. The second kappa shape index (κ2) is 11.1. The van der Waals surface area contributed by atoms with Gasteiger partial charge in [-0.05, 0) is 24.0 Å². The van der Waals surface area contributed by atoms with E-state index in [0.717, 1.165) is 13.0 Å². The summed E-state index contributed by atoms with van der Waals surface area (Å²) in [5.41, 5.74) is 2.56. The minimum atomic E-state index is -0.0806. The molecule has 0 bridgehead atoms. The summed E-state index contributed by atoms with van der Waals surface area (Å²) >= 11 is 0. The van der Waals surface area contributed by atoms with E-state index in [0.29, 0.717) is 38.3 Å². The lowest BCUT2D eigenvalue weighted by Crippen LogP contribution is -2.47. The molecule has 2 aromatic rings. The van der Waals surface area contributed by atoms with Gasteiger partial charge in [0.2, 0.25) is 11.8 Å². The average molecular weight is 407 g/mol. The summed E-state index contributed by atoms with van der Waals surface area (Å²) in [6, 6.07) is 20.9. The van der Waals surface area contributed by atoms with Crippen molar-refractivity contribution in [3.05, 3.63) is 71.8 Å². The van der Waals surface area contributed by atoms with Gasteiger partial charge in [-0.1, -0.05) is 60.7 Å². The molecule has 0 aromatic heterocycles. The third-order valence-corrected chi connectivity index (χ3v) is 5.35. The van der Waals surface area contributed by atoms with Gasteiger partial charge in [0.15, 0.2) is 5.96 Å². The molecule has 1 aliphatic heterocycles. The molecule has 30 heavy (non-hydrogen) atoms. The SMILES string of the molecule is CN=C(NCCN1C(=O)CCCC1=O)NCC(Cc1ccccc1)c1ccccc1. The van der Waals surface area contributed by atoms with Crippen molar-refractivity contribution >= 4 is 17.8 Å². The zero-order valence-electron chi connectivity index (χ0n) is 17.5. The Labute approximate surface area is 178 Å². The van der Waals surface area contributed by atoms with Crippen LogP contribution in [0.4, 0.5) is 0 Å². The van der Waals surface area contributed by atoms with Crippen molar-refractivity contribution in [1.29, 1.82) is 0 Å². The number of hydrogen-bond acceptors (Lipinski definition) is 3. The van der Waals surface area contributed by atoms with Crippen LogP contribution in [0.1, 0.15) is 36.3 Å². The maximum Gasteiger partial charge on any atom is 0.229 e. The van der Waals surface area contributed by atoms with Crippen molar-refractivity contribution in [3.63, 3.8) is 0 Å². The monoisotopic (exact) mass is 406 g/mol. The molecule has 0 radical (unpaired) electrons. The van der Waals surface area contributed by atoms with E-state index >= 15 is 0 Å². The van der Waals surface area contributed by atoms with Gasteiger partial charge in [0.05, 0.1) is 0 Å². The predicted molar refractivity (Wildman–Crippen MR) is 119 cm³/mol. The smallest absolute Gasteiger partial charge is 0.229 e. The molecule has 0 spiro atoms. The Balaban J connectivity index is 1.55. The van der Waals surface area contributed by atoms with Crippen LogP contribution in [0, 0.1) is 0 Å². The summed E-state index contributed by atoms with van der Waals surface area (Å²) in [4.78, 5) is 29.5. The molecular weight excluding hydrogens is 376 g/mol.